The number of carbonyl (C=O) groups is 1. The maximum absolute atomic E-state index is 12.7. The molecule has 0 aromatic heterocycles. The Morgan fingerprint density at radius 1 is 0.582 bits per heavy atom. The molecule has 0 N–H and O–H groups in total. The molecule has 0 bridgehead atoms. The Morgan fingerprint density at radius 2 is 1.05 bits per heavy atom. The van der Waals surface area contributed by atoms with Crippen LogP contribution in [0.1, 0.15) is 181 Å². The van der Waals surface area contributed by atoms with Gasteiger partial charge in [-0.05, 0) is 51.4 Å². The number of allylic oxidation sites excluding steroid dienone is 8. The van der Waals surface area contributed by atoms with Crippen LogP contribution >= 0.6 is 7.82 Å². The van der Waals surface area contributed by atoms with E-state index in [1.165, 1.54) is 89.9 Å². The van der Waals surface area contributed by atoms with Crippen LogP contribution in [0.25, 0.3) is 0 Å². The summed E-state index contributed by atoms with van der Waals surface area (Å²) in [7, 11) is 1.34. The van der Waals surface area contributed by atoms with Crippen LogP contribution in [0.15, 0.2) is 48.6 Å². The molecule has 2 unspecified atom stereocenters. The molecule has 0 saturated heterocycles. The molecular formula is C46H86NO7P. The average Bonchev–Trinajstić information content (AvgIpc) is 3.13. The molecule has 0 fully saturated rings. The highest BCUT2D eigenvalue weighted by molar-refractivity contribution is 7.45. The number of likely N-dealkylation sites (N-methyl/N-ethyl adjacent to an activating group) is 1. The largest absolute Gasteiger partial charge is 0.756 e. The molecule has 0 aliphatic carbocycles. The van der Waals surface area contributed by atoms with Crippen LogP contribution in [-0.4, -0.2) is 70.7 Å². The molecule has 322 valence electrons. The lowest BCUT2D eigenvalue weighted by Gasteiger charge is -2.28. The van der Waals surface area contributed by atoms with E-state index < -0.39 is 13.9 Å². The fourth-order valence-electron chi connectivity index (χ4n) is 5.95. The van der Waals surface area contributed by atoms with Crippen LogP contribution in [0, 0.1) is 0 Å². The van der Waals surface area contributed by atoms with Gasteiger partial charge in [-0.2, -0.15) is 0 Å². The van der Waals surface area contributed by atoms with Gasteiger partial charge in [-0.25, -0.2) is 0 Å². The number of nitrogens with zero attached hydrogens (tertiary/aromatic N) is 1. The molecule has 8 nitrogen and oxygen atoms in total. The summed E-state index contributed by atoms with van der Waals surface area (Å²) < 4.78 is 34.6. The molecule has 0 aliphatic rings. The van der Waals surface area contributed by atoms with Crippen molar-refractivity contribution in [3.05, 3.63) is 48.6 Å². The number of hydrogen-bond donors (Lipinski definition) is 0. The third-order valence-electron chi connectivity index (χ3n) is 9.39. The van der Waals surface area contributed by atoms with Gasteiger partial charge in [-0.3, -0.25) is 9.36 Å². The van der Waals surface area contributed by atoms with Crippen molar-refractivity contribution in [1.29, 1.82) is 0 Å². The summed E-state index contributed by atoms with van der Waals surface area (Å²) in [6, 6.07) is 0. The highest BCUT2D eigenvalue weighted by atomic mass is 31.2. The number of ether oxygens (including phenoxy) is 2. The SMILES string of the molecule is CC/C=C\C/C=C\C/C=C\C/C=C\CCCCCCCOCC(COP(=O)([O-])OCC[N+](C)(C)C)OC(=O)CCCCCCCCCCCCCCCCC. The minimum atomic E-state index is -4.53. The Balaban J connectivity index is 4.26. The van der Waals surface area contributed by atoms with Gasteiger partial charge in [-0.1, -0.05) is 172 Å². The number of hydrogen-bond acceptors (Lipinski definition) is 7. The van der Waals surface area contributed by atoms with Crippen LogP contribution < -0.4 is 4.89 Å². The number of phosphoric ester groups is 1. The van der Waals surface area contributed by atoms with Gasteiger partial charge >= 0.3 is 5.97 Å². The number of esters is 1. The zero-order valence-corrected chi connectivity index (χ0v) is 37.3. The summed E-state index contributed by atoms with van der Waals surface area (Å²) in [6.45, 7) is 5.26. The maximum Gasteiger partial charge on any atom is 0.306 e. The molecule has 55 heavy (non-hydrogen) atoms. The lowest BCUT2D eigenvalue weighted by molar-refractivity contribution is -0.870. The minimum Gasteiger partial charge on any atom is -0.756 e. The van der Waals surface area contributed by atoms with E-state index in [4.69, 9.17) is 18.5 Å². The van der Waals surface area contributed by atoms with Crippen LogP contribution in [-0.2, 0) is 27.9 Å². The first-order chi connectivity index (χ1) is 26.6. The van der Waals surface area contributed by atoms with Crippen molar-refractivity contribution in [3.8, 4) is 0 Å². The van der Waals surface area contributed by atoms with Crippen molar-refractivity contribution in [2.24, 2.45) is 0 Å². The second-order valence-electron chi connectivity index (χ2n) is 16.0. The number of phosphoric acid groups is 1. The van der Waals surface area contributed by atoms with E-state index in [9.17, 15) is 14.3 Å². The molecule has 0 aliphatic heterocycles. The van der Waals surface area contributed by atoms with Gasteiger partial charge in [0.15, 0.2) is 0 Å². The van der Waals surface area contributed by atoms with Gasteiger partial charge in [0.1, 0.15) is 19.3 Å². The summed E-state index contributed by atoms with van der Waals surface area (Å²) in [6.07, 6.45) is 46.9. The third kappa shape index (κ3) is 43.4. The Bertz CT molecular complexity index is 1020. The van der Waals surface area contributed by atoms with E-state index in [0.29, 0.717) is 24.1 Å². The first kappa shape index (κ1) is 53.5. The zero-order valence-electron chi connectivity index (χ0n) is 36.4. The van der Waals surface area contributed by atoms with Gasteiger partial charge in [0.05, 0.1) is 34.4 Å². The molecule has 9 heteroatoms. The van der Waals surface area contributed by atoms with Gasteiger partial charge in [0, 0.05) is 13.0 Å². The van der Waals surface area contributed by atoms with E-state index in [0.717, 1.165) is 70.6 Å². The molecule has 0 radical (unpaired) electrons. The molecule has 2 atom stereocenters. The summed E-state index contributed by atoms with van der Waals surface area (Å²) in [5, 5.41) is 0. The van der Waals surface area contributed by atoms with Crippen LogP contribution in [0.3, 0.4) is 0 Å². The molecule has 0 rings (SSSR count). The van der Waals surface area contributed by atoms with Crippen LogP contribution in [0.5, 0.6) is 0 Å². The molecule has 0 aromatic rings. The second-order valence-corrected chi connectivity index (χ2v) is 17.4. The van der Waals surface area contributed by atoms with E-state index in [2.05, 4.69) is 62.5 Å². The zero-order chi connectivity index (χ0) is 40.6. The van der Waals surface area contributed by atoms with E-state index in [1.807, 2.05) is 21.1 Å². The van der Waals surface area contributed by atoms with E-state index in [-0.39, 0.29) is 25.8 Å². The number of carbonyl (C=O) groups excluding carboxylic acids is 1. The molecule has 0 amide bonds. The van der Waals surface area contributed by atoms with Crippen molar-refractivity contribution in [2.75, 3.05) is 54.1 Å². The number of rotatable bonds is 41. The fourth-order valence-corrected chi connectivity index (χ4v) is 6.68. The van der Waals surface area contributed by atoms with Crippen molar-refractivity contribution in [1.82, 2.24) is 0 Å². The molecule has 0 saturated carbocycles. The topological polar surface area (TPSA) is 94.1 Å². The molecule has 0 spiro atoms. The maximum atomic E-state index is 12.7. The molecule has 0 aromatic carbocycles. The van der Waals surface area contributed by atoms with Crippen LogP contribution in [0.4, 0.5) is 0 Å². The second kappa shape index (κ2) is 39.3. The monoisotopic (exact) mass is 796 g/mol. The van der Waals surface area contributed by atoms with Gasteiger partial charge in [-0.15, -0.1) is 0 Å². The summed E-state index contributed by atoms with van der Waals surface area (Å²) in [5.74, 6) is -0.341. The normalized spacial score (nSPS) is 14.2. The predicted octanol–water partition coefficient (Wildman–Crippen LogP) is 12.5. The van der Waals surface area contributed by atoms with Gasteiger partial charge in [0.2, 0.25) is 0 Å². The van der Waals surface area contributed by atoms with Gasteiger partial charge < -0.3 is 27.9 Å². The number of quaternary nitrogens is 1. The van der Waals surface area contributed by atoms with Gasteiger partial charge in [0.25, 0.3) is 7.82 Å². The lowest BCUT2D eigenvalue weighted by atomic mass is 10.0. The Morgan fingerprint density at radius 3 is 1.58 bits per heavy atom. The minimum absolute atomic E-state index is 0.0217. The van der Waals surface area contributed by atoms with E-state index in [1.54, 1.807) is 0 Å². The summed E-state index contributed by atoms with van der Waals surface area (Å²) in [4.78, 5) is 25.1. The fraction of sp³-hybridized carbons (Fsp3) is 0.804. The molecule has 0 heterocycles. The highest BCUT2D eigenvalue weighted by Gasteiger charge is 2.20. The van der Waals surface area contributed by atoms with Crippen molar-refractivity contribution < 1.29 is 37.3 Å². The lowest BCUT2D eigenvalue weighted by Crippen LogP contribution is -2.37. The third-order valence-corrected chi connectivity index (χ3v) is 10.4. The number of unbranched alkanes of at least 4 members (excludes halogenated alkanes) is 19. The predicted molar refractivity (Wildman–Crippen MR) is 231 cm³/mol. The first-order valence-corrected chi connectivity index (χ1v) is 23.8. The van der Waals surface area contributed by atoms with Crippen molar-refractivity contribution >= 4 is 13.8 Å². The Labute approximate surface area is 339 Å². The average molecular weight is 796 g/mol. The highest BCUT2D eigenvalue weighted by Crippen LogP contribution is 2.38. The summed E-state index contributed by atoms with van der Waals surface area (Å²) >= 11 is 0. The van der Waals surface area contributed by atoms with Crippen molar-refractivity contribution in [3.63, 3.8) is 0 Å². The Hall–Kier alpha value is -1.54. The molecular weight excluding hydrogens is 709 g/mol. The van der Waals surface area contributed by atoms with Crippen LogP contribution in [0.2, 0.25) is 0 Å². The Kier molecular flexibility index (Phi) is 38.2. The standard InChI is InChI=1S/C46H86NO7P/c1-6-8-10-12-14-16-18-20-22-23-24-26-28-30-32-34-36-38-41-51-43-45(44-53-55(49,50)52-42-40-47(3,4)5)54-46(48)39-37-35-33-31-29-27-25-21-19-17-15-13-11-9-7-2/h8,10,14,16,20,22,24,26,45H,6-7,9,11-13,15,17-19,21,23,25,27-44H2,1-5H3/b10-8-,16-14-,22-20-,26-24-. The smallest absolute Gasteiger partial charge is 0.306 e. The van der Waals surface area contributed by atoms with E-state index >= 15 is 0 Å². The quantitative estimate of drug-likeness (QED) is 0.0200. The van der Waals surface area contributed by atoms with Crippen molar-refractivity contribution in [2.45, 2.75) is 187 Å². The summed E-state index contributed by atoms with van der Waals surface area (Å²) in [5.41, 5.74) is 0. The first-order valence-electron chi connectivity index (χ1n) is 22.4.